The topological polar surface area (TPSA) is 35.0 Å². The first-order valence-electron chi connectivity index (χ1n) is 6.28. The highest BCUT2D eigenvalue weighted by molar-refractivity contribution is 5.88. The fourth-order valence-electron chi connectivity index (χ4n) is 2.42. The van der Waals surface area contributed by atoms with E-state index in [-0.39, 0.29) is 25.4 Å². The zero-order valence-electron chi connectivity index (χ0n) is 10.6. The average molecular weight is 264 g/mol. The molecule has 1 fully saturated rings. The Balaban J connectivity index is 1.77. The Morgan fingerprint density at radius 2 is 1.89 bits per heavy atom. The van der Waals surface area contributed by atoms with E-state index in [2.05, 4.69) is 10.2 Å². The molecule has 1 aliphatic rings. The SMILES string of the molecule is Cc1nnc(OCC2CC(F)(F)C2)c2ccccc12. The lowest BCUT2D eigenvalue weighted by Gasteiger charge is -2.34. The molecule has 1 aromatic heterocycles. The summed E-state index contributed by atoms with van der Waals surface area (Å²) in [5.41, 5.74) is 0.832. The molecule has 1 saturated carbocycles. The van der Waals surface area contributed by atoms with Crippen LogP contribution in [0.4, 0.5) is 8.78 Å². The molecule has 100 valence electrons. The first-order chi connectivity index (χ1) is 9.05. The maximum absolute atomic E-state index is 12.7. The summed E-state index contributed by atoms with van der Waals surface area (Å²) in [5.74, 6) is -2.16. The van der Waals surface area contributed by atoms with Gasteiger partial charge in [-0.25, -0.2) is 8.78 Å². The maximum Gasteiger partial charge on any atom is 0.248 e. The van der Waals surface area contributed by atoms with E-state index in [0.717, 1.165) is 16.5 Å². The van der Waals surface area contributed by atoms with Gasteiger partial charge in [0, 0.05) is 29.5 Å². The summed E-state index contributed by atoms with van der Waals surface area (Å²) in [4.78, 5) is 0. The second kappa shape index (κ2) is 4.40. The number of hydrogen-bond donors (Lipinski definition) is 0. The number of fused-ring (bicyclic) bond motifs is 1. The molecule has 1 heterocycles. The molecule has 0 radical (unpaired) electrons. The molecule has 0 spiro atoms. The quantitative estimate of drug-likeness (QED) is 0.852. The molecule has 0 bridgehead atoms. The number of rotatable bonds is 3. The van der Waals surface area contributed by atoms with E-state index < -0.39 is 5.92 Å². The summed E-state index contributed by atoms with van der Waals surface area (Å²) < 4.78 is 31.0. The van der Waals surface area contributed by atoms with Gasteiger partial charge >= 0.3 is 0 Å². The summed E-state index contributed by atoms with van der Waals surface area (Å²) in [6.07, 6.45) is -0.186. The number of alkyl halides is 2. The zero-order valence-corrected chi connectivity index (χ0v) is 10.6. The Bertz CT molecular complexity index is 607. The molecule has 19 heavy (non-hydrogen) atoms. The van der Waals surface area contributed by atoms with E-state index in [1.807, 2.05) is 31.2 Å². The molecule has 0 unspecified atom stereocenters. The Hall–Kier alpha value is -1.78. The number of ether oxygens (including phenoxy) is 1. The van der Waals surface area contributed by atoms with E-state index in [0.29, 0.717) is 5.88 Å². The molecule has 3 rings (SSSR count). The fraction of sp³-hybridized carbons (Fsp3) is 0.429. The predicted molar refractivity (Wildman–Crippen MR) is 67.4 cm³/mol. The van der Waals surface area contributed by atoms with Gasteiger partial charge in [-0.15, -0.1) is 5.10 Å². The van der Waals surface area contributed by atoms with Crippen LogP contribution in [0.25, 0.3) is 10.8 Å². The Labute approximate surface area is 109 Å². The summed E-state index contributed by atoms with van der Waals surface area (Å²) in [6, 6.07) is 7.67. The molecule has 0 amide bonds. The first kappa shape index (κ1) is 12.3. The third-order valence-electron chi connectivity index (χ3n) is 3.47. The number of aryl methyl sites for hydroxylation is 1. The van der Waals surface area contributed by atoms with Gasteiger partial charge < -0.3 is 4.74 Å². The van der Waals surface area contributed by atoms with E-state index in [4.69, 9.17) is 4.74 Å². The molecule has 0 aliphatic heterocycles. The van der Waals surface area contributed by atoms with Crippen molar-refractivity contribution >= 4 is 10.8 Å². The van der Waals surface area contributed by atoms with Crippen molar-refractivity contribution in [2.75, 3.05) is 6.61 Å². The van der Waals surface area contributed by atoms with Gasteiger partial charge in [0.25, 0.3) is 0 Å². The van der Waals surface area contributed by atoms with Gasteiger partial charge in [-0.1, -0.05) is 18.2 Å². The largest absolute Gasteiger partial charge is 0.476 e. The van der Waals surface area contributed by atoms with Crippen LogP contribution in [0.1, 0.15) is 18.5 Å². The van der Waals surface area contributed by atoms with Crippen LogP contribution in [0.3, 0.4) is 0 Å². The molecule has 2 aromatic rings. The van der Waals surface area contributed by atoms with Gasteiger partial charge in [0.05, 0.1) is 12.3 Å². The van der Waals surface area contributed by atoms with E-state index >= 15 is 0 Å². The van der Waals surface area contributed by atoms with Gasteiger partial charge in [-0.05, 0) is 13.0 Å². The fourth-order valence-corrected chi connectivity index (χ4v) is 2.42. The van der Waals surface area contributed by atoms with Crippen molar-refractivity contribution in [2.45, 2.75) is 25.7 Å². The smallest absolute Gasteiger partial charge is 0.248 e. The lowest BCUT2D eigenvalue weighted by atomic mass is 9.82. The van der Waals surface area contributed by atoms with E-state index in [9.17, 15) is 8.78 Å². The highest BCUT2D eigenvalue weighted by atomic mass is 19.3. The normalized spacial score (nSPS) is 18.3. The van der Waals surface area contributed by atoms with Crippen molar-refractivity contribution in [3.05, 3.63) is 30.0 Å². The van der Waals surface area contributed by atoms with Crippen LogP contribution in [0.5, 0.6) is 5.88 Å². The van der Waals surface area contributed by atoms with Crippen LogP contribution < -0.4 is 4.74 Å². The number of benzene rings is 1. The highest BCUT2D eigenvalue weighted by Crippen LogP contribution is 2.42. The summed E-state index contributed by atoms with van der Waals surface area (Å²) in [6.45, 7) is 2.16. The summed E-state index contributed by atoms with van der Waals surface area (Å²) >= 11 is 0. The number of nitrogens with zero attached hydrogens (tertiary/aromatic N) is 2. The molecule has 1 aromatic carbocycles. The van der Waals surface area contributed by atoms with Crippen molar-refractivity contribution in [3.63, 3.8) is 0 Å². The summed E-state index contributed by atoms with van der Waals surface area (Å²) in [5, 5.41) is 9.90. The third kappa shape index (κ3) is 2.37. The van der Waals surface area contributed by atoms with Crippen molar-refractivity contribution in [2.24, 2.45) is 5.92 Å². The minimum absolute atomic E-state index is 0.0862. The number of halogens is 2. The molecular weight excluding hydrogens is 250 g/mol. The van der Waals surface area contributed by atoms with Crippen molar-refractivity contribution in [1.82, 2.24) is 10.2 Å². The second-order valence-corrected chi connectivity index (χ2v) is 5.08. The number of hydrogen-bond acceptors (Lipinski definition) is 3. The van der Waals surface area contributed by atoms with Gasteiger partial charge in [0.2, 0.25) is 11.8 Å². The standard InChI is InChI=1S/C14H14F2N2O/c1-9-11-4-2-3-5-12(11)13(18-17-9)19-8-10-6-14(15,16)7-10/h2-5,10H,6-8H2,1H3. The van der Waals surface area contributed by atoms with Crippen LogP contribution >= 0.6 is 0 Å². The lowest BCUT2D eigenvalue weighted by molar-refractivity contribution is -0.119. The molecule has 5 heteroatoms. The van der Waals surface area contributed by atoms with Gasteiger partial charge in [-0.2, -0.15) is 5.10 Å². The molecule has 0 N–H and O–H groups in total. The van der Waals surface area contributed by atoms with Gasteiger partial charge in [0.15, 0.2) is 0 Å². The molecule has 1 aliphatic carbocycles. The highest BCUT2D eigenvalue weighted by Gasteiger charge is 2.45. The van der Waals surface area contributed by atoms with Gasteiger partial charge in [0.1, 0.15) is 0 Å². The van der Waals surface area contributed by atoms with Crippen molar-refractivity contribution < 1.29 is 13.5 Å². The molecular formula is C14H14F2N2O. The minimum atomic E-state index is -2.50. The third-order valence-corrected chi connectivity index (χ3v) is 3.47. The molecule has 0 atom stereocenters. The predicted octanol–water partition coefficient (Wildman–Crippen LogP) is 3.36. The second-order valence-electron chi connectivity index (χ2n) is 5.08. The Kier molecular flexibility index (Phi) is 2.84. The van der Waals surface area contributed by atoms with Crippen molar-refractivity contribution in [1.29, 1.82) is 0 Å². The van der Waals surface area contributed by atoms with Crippen LogP contribution in [0.15, 0.2) is 24.3 Å². The zero-order chi connectivity index (χ0) is 13.5. The average Bonchev–Trinajstić information content (AvgIpc) is 2.36. The number of aromatic nitrogens is 2. The monoisotopic (exact) mass is 264 g/mol. The van der Waals surface area contributed by atoms with E-state index in [1.54, 1.807) is 0 Å². The molecule has 3 nitrogen and oxygen atoms in total. The van der Waals surface area contributed by atoms with E-state index in [1.165, 1.54) is 0 Å². The van der Waals surface area contributed by atoms with Crippen LogP contribution in [-0.4, -0.2) is 22.7 Å². The van der Waals surface area contributed by atoms with Crippen LogP contribution in [-0.2, 0) is 0 Å². The van der Waals surface area contributed by atoms with Crippen LogP contribution in [0.2, 0.25) is 0 Å². The Morgan fingerprint density at radius 1 is 1.21 bits per heavy atom. The summed E-state index contributed by atoms with van der Waals surface area (Å²) in [7, 11) is 0. The van der Waals surface area contributed by atoms with Crippen molar-refractivity contribution in [3.8, 4) is 5.88 Å². The first-order valence-corrected chi connectivity index (χ1v) is 6.28. The van der Waals surface area contributed by atoms with Crippen LogP contribution in [0, 0.1) is 12.8 Å². The van der Waals surface area contributed by atoms with Gasteiger partial charge in [-0.3, -0.25) is 0 Å². The Morgan fingerprint density at radius 3 is 2.58 bits per heavy atom. The minimum Gasteiger partial charge on any atom is -0.476 e. The molecule has 0 saturated heterocycles. The maximum atomic E-state index is 12.7. The lowest BCUT2D eigenvalue weighted by Crippen LogP contribution is -2.38.